The SMILES string of the molecule is C=CC(=O)N1CC(N2CCN(C(=O)c3cc(-c4cc(Cl)ccc4C)c(Cl)cc3OC)CC2)C1. The van der Waals surface area contributed by atoms with E-state index in [0.717, 1.165) is 29.8 Å². The third kappa shape index (κ3) is 4.74. The van der Waals surface area contributed by atoms with Crippen molar-refractivity contribution in [1.29, 1.82) is 0 Å². The Morgan fingerprint density at radius 3 is 2.36 bits per heavy atom. The molecule has 6 nitrogen and oxygen atoms in total. The number of amides is 2. The van der Waals surface area contributed by atoms with Crippen LogP contribution in [0.5, 0.6) is 5.75 Å². The van der Waals surface area contributed by atoms with E-state index in [1.54, 1.807) is 17.0 Å². The Bertz CT molecular complexity index is 1090. The number of rotatable bonds is 5. The van der Waals surface area contributed by atoms with Gasteiger partial charge in [-0.25, -0.2) is 0 Å². The highest BCUT2D eigenvalue weighted by Crippen LogP contribution is 2.37. The maximum atomic E-state index is 13.5. The number of nitrogens with zero attached hydrogens (tertiary/aromatic N) is 3. The molecule has 2 aromatic rings. The summed E-state index contributed by atoms with van der Waals surface area (Å²) < 4.78 is 5.50. The van der Waals surface area contributed by atoms with Crippen molar-refractivity contribution in [2.45, 2.75) is 13.0 Å². The van der Waals surface area contributed by atoms with Crippen LogP contribution in [-0.2, 0) is 4.79 Å². The molecule has 0 bridgehead atoms. The molecule has 0 N–H and O–H groups in total. The maximum absolute atomic E-state index is 13.5. The second-order valence-electron chi connectivity index (χ2n) is 8.42. The molecule has 0 radical (unpaired) electrons. The number of methoxy groups -OCH3 is 1. The summed E-state index contributed by atoms with van der Waals surface area (Å²) in [5.74, 6) is 0.343. The number of hydrogen-bond acceptors (Lipinski definition) is 4. The van der Waals surface area contributed by atoms with Gasteiger partial charge in [-0.2, -0.15) is 0 Å². The average molecular weight is 488 g/mol. The number of aryl methyl sites for hydroxylation is 1. The number of halogens is 2. The van der Waals surface area contributed by atoms with E-state index in [2.05, 4.69) is 11.5 Å². The molecule has 2 aromatic carbocycles. The van der Waals surface area contributed by atoms with E-state index in [-0.39, 0.29) is 11.8 Å². The van der Waals surface area contributed by atoms with Crippen LogP contribution in [0.4, 0.5) is 0 Å². The third-order valence-corrected chi connectivity index (χ3v) is 7.02. The summed E-state index contributed by atoms with van der Waals surface area (Å²) >= 11 is 12.8. The molecular weight excluding hydrogens is 461 g/mol. The minimum Gasteiger partial charge on any atom is -0.496 e. The highest BCUT2D eigenvalue weighted by Gasteiger charge is 2.36. The molecule has 8 heteroatoms. The van der Waals surface area contributed by atoms with Crippen LogP contribution >= 0.6 is 23.2 Å². The van der Waals surface area contributed by atoms with Gasteiger partial charge in [-0.3, -0.25) is 14.5 Å². The molecule has 0 unspecified atom stereocenters. The Hall–Kier alpha value is -2.54. The molecule has 2 aliphatic rings. The van der Waals surface area contributed by atoms with Gasteiger partial charge in [-0.05, 0) is 42.3 Å². The van der Waals surface area contributed by atoms with Crippen LogP contribution in [0.1, 0.15) is 15.9 Å². The van der Waals surface area contributed by atoms with Crippen molar-refractivity contribution in [3.63, 3.8) is 0 Å². The summed E-state index contributed by atoms with van der Waals surface area (Å²) in [7, 11) is 1.54. The maximum Gasteiger partial charge on any atom is 0.257 e. The molecule has 2 fully saturated rings. The number of piperazine rings is 1. The standard InChI is InChI=1S/C25H27Cl2N3O3/c1-4-24(31)30-14-18(15-30)28-7-9-29(10-8-28)25(32)21-12-20(22(27)13-23(21)33-3)19-11-17(26)6-5-16(19)2/h4-6,11-13,18H,1,7-10,14-15H2,2-3H3. The largest absolute Gasteiger partial charge is 0.496 e. The highest BCUT2D eigenvalue weighted by molar-refractivity contribution is 6.34. The lowest BCUT2D eigenvalue weighted by Gasteiger charge is -2.47. The van der Waals surface area contributed by atoms with Crippen LogP contribution in [0, 0.1) is 6.92 Å². The van der Waals surface area contributed by atoms with Crippen LogP contribution in [-0.4, -0.2) is 78.9 Å². The summed E-state index contributed by atoms with van der Waals surface area (Å²) in [6, 6.07) is 9.46. The number of ether oxygens (including phenoxy) is 1. The van der Waals surface area contributed by atoms with E-state index < -0.39 is 0 Å². The minimum absolute atomic E-state index is 0.0272. The van der Waals surface area contributed by atoms with Crippen LogP contribution in [0.2, 0.25) is 10.0 Å². The Kier molecular flexibility index (Phi) is 6.98. The molecule has 0 aliphatic carbocycles. The fraction of sp³-hybridized carbons (Fsp3) is 0.360. The summed E-state index contributed by atoms with van der Waals surface area (Å²) in [6.07, 6.45) is 1.35. The molecule has 2 heterocycles. The van der Waals surface area contributed by atoms with Gasteiger partial charge < -0.3 is 14.5 Å². The number of hydrogen-bond donors (Lipinski definition) is 0. The normalized spacial score (nSPS) is 17.0. The summed E-state index contributed by atoms with van der Waals surface area (Å²) in [5.41, 5.74) is 3.14. The van der Waals surface area contributed by atoms with Crippen molar-refractivity contribution in [3.8, 4) is 16.9 Å². The van der Waals surface area contributed by atoms with Crippen molar-refractivity contribution in [2.75, 3.05) is 46.4 Å². The van der Waals surface area contributed by atoms with Gasteiger partial charge in [-0.15, -0.1) is 0 Å². The first-order valence-corrected chi connectivity index (χ1v) is 11.7. The predicted octanol–water partition coefficient (Wildman–Crippen LogP) is 4.13. The molecule has 2 amide bonds. The lowest BCUT2D eigenvalue weighted by atomic mass is 9.97. The van der Waals surface area contributed by atoms with Crippen LogP contribution < -0.4 is 4.74 Å². The van der Waals surface area contributed by atoms with Crippen molar-refractivity contribution >= 4 is 35.0 Å². The molecular formula is C25H27Cl2N3O3. The van der Waals surface area contributed by atoms with Gasteiger partial charge in [0.1, 0.15) is 5.75 Å². The van der Waals surface area contributed by atoms with Crippen LogP contribution in [0.25, 0.3) is 11.1 Å². The first-order chi connectivity index (χ1) is 15.8. The van der Waals surface area contributed by atoms with Crippen molar-refractivity contribution < 1.29 is 14.3 Å². The van der Waals surface area contributed by atoms with Crippen molar-refractivity contribution in [3.05, 3.63) is 64.2 Å². The first-order valence-electron chi connectivity index (χ1n) is 10.9. The van der Waals surface area contributed by atoms with E-state index in [1.807, 2.05) is 30.0 Å². The van der Waals surface area contributed by atoms with E-state index in [4.69, 9.17) is 27.9 Å². The third-order valence-electron chi connectivity index (χ3n) is 6.48. The van der Waals surface area contributed by atoms with E-state index >= 15 is 0 Å². The molecule has 2 aliphatic heterocycles. The minimum atomic E-state index is -0.0823. The smallest absolute Gasteiger partial charge is 0.257 e. The second kappa shape index (κ2) is 9.75. The van der Waals surface area contributed by atoms with Crippen molar-refractivity contribution in [1.82, 2.24) is 14.7 Å². The van der Waals surface area contributed by atoms with Gasteiger partial charge in [0, 0.05) is 62.0 Å². The zero-order valence-electron chi connectivity index (χ0n) is 18.8. The number of benzene rings is 2. The van der Waals surface area contributed by atoms with Gasteiger partial charge in [0.05, 0.1) is 17.7 Å². The second-order valence-corrected chi connectivity index (χ2v) is 9.26. The number of carbonyl (C=O) groups is 2. The lowest BCUT2D eigenvalue weighted by Crippen LogP contribution is -2.64. The van der Waals surface area contributed by atoms with E-state index in [9.17, 15) is 9.59 Å². The highest BCUT2D eigenvalue weighted by atomic mass is 35.5. The van der Waals surface area contributed by atoms with Crippen molar-refractivity contribution in [2.24, 2.45) is 0 Å². The summed E-state index contributed by atoms with van der Waals surface area (Å²) in [6.45, 7) is 9.71. The van der Waals surface area contributed by atoms with Gasteiger partial charge in [0.25, 0.3) is 5.91 Å². The van der Waals surface area contributed by atoms with Gasteiger partial charge in [-0.1, -0.05) is 35.8 Å². The number of carbonyl (C=O) groups excluding carboxylic acids is 2. The monoisotopic (exact) mass is 487 g/mol. The fourth-order valence-corrected chi connectivity index (χ4v) is 4.87. The molecule has 0 atom stereocenters. The van der Waals surface area contributed by atoms with Gasteiger partial charge >= 0.3 is 0 Å². The average Bonchev–Trinajstić information content (AvgIpc) is 2.79. The van der Waals surface area contributed by atoms with E-state index in [0.29, 0.717) is 53.6 Å². The molecule has 2 saturated heterocycles. The fourth-order valence-electron chi connectivity index (χ4n) is 4.44. The molecule has 4 rings (SSSR count). The first kappa shape index (κ1) is 23.6. The zero-order valence-corrected chi connectivity index (χ0v) is 20.3. The summed E-state index contributed by atoms with van der Waals surface area (Å²) in [5, 5.41) is 1.11. The quantitative estimate of drug-likeness (QED) is 0.594. The van der Waals surface area contributed by atoms with Crippen LogP contribution in [0.15, 0.2) is 43.0 Å². The van der Waals surface area contributed by atoms with Gasteiger partial charge in [0.2, 0.25) is 5.91 Å². The Morgan fingerprint density at radius 1 is 1.03 bits per heavy atom. The van der Waals surface area contributed by atoms with E-state index in [1.165, 1.54) is 13.2 Å². The Balaban J connectivity index is 1.50. The number of likely N-dealkylation sites (tertiary alicyclic amines) is 1. The lowest BCUT2D eigenvalue weighted by molar-refractivity contribution is -0.133. The molecule has 0 saturated carbocycles. The Labute approximate surface area is 204 Å². The predicted molar refractivity (Wildman–Crippen MR) is 131 cm³/mol. The molecule has 0 aromatic heterocycles. The molecule has 33 heavy (non-hydrogen) atoms. The molecule has 0 spiro atoms. The summed E-state index contributed by atoms with van der Waals surface area (Å²) in [4.78, 5) is 31.1. The molecule has 174 valence electrons. The zero-order chi connectivity index (χ0) is 23.7. The topological polar surface area (TPSA) is 53.1 Å². The van der Waals surface area contributed by atoms with Gasteiger partial charge in [0.15, 0.2) is 0 Å². The Morgan fingerprint density at radius 2 is 1.73 bits per heavy atom. The van der Waals surface area contributed by atoms with Crippen LogP contribution in [0.3, 0.4) is 0 Å².